The smallest absolute Gasteiger partial charge is 0.224 e. The predicted octanol–water partition coefficient (Wildman–Crippen LogP) is 4.10. The van der Waals surface area contributed by atoms with Gasteiger partial charge in [0.15, 0.2) is 0 Å². The Morgan fingerprint density at radius 2 is 2.04 bits per heavy atom. The highest BCUT2D eigenvalue weighted by Crippen LogP contribution is 2.34. The molecule has 1 atom stereocenters. The molecule has 0 saturated carbocycles. The van der Waals surface area contributed by atoms with Crippen LogP contribution in [0.4, 0.5) is 5.69 Å². The number of nitrogens with zero attached hydrogens (tertiary/aromatic N) is 1. The number of anilines is 1. The summed E-state index contributed by atoms with van der Waals surface area (Å²) in [5.41, 5.74) is 2.54. The summed E-state index contributed by atoms with van der Waals surface area (Å²) in [7, 11) is 0. The van der Waals surface area contributed by atoms with Gasteiger partial charge < -0.3 is 10.1 Å². The Balaban J connectivity index is 1.46. The summed E-state index contributed by atoms with van der Waals surface area (Å²) in [6, 6.07) is 6.00. The molecule has 1 amide bonds. The van der Waals surface area contributed by atoms with Crippen molar-refractivity contribution in [2.24, 2.45) is 11.3 Å². The van der Waals surface area contributed by atoms with Crippen molar-refractivity contribution in [3.63, 3.8) is 0 Å². The van der Waals surface area contributed by atoms with Crippen LogP contribution in [0.15, 0.2) is 18.2 Å². The molecule has 1 aromatic rings. The lowest BCUT2D eigenvalue weighted by Crippen LogP contribution is -2.30. The Bertz CT molecular complexity index is 606. The van der Waals surface area contributed by atoms with E-state index in [1.165, 1.54) is 37.9 Å². The molecule has 1 unspecified atom stereocenters. The number of ether oxygens (including phenoxy) is 1. The summed E-state index contributed by atoms with van der Waals surface area (Å²) in [5, 5.41) is 2.92. The molecule has 4 heteroatoms. The van der Waals surface area contributed by atoms with Gasteiger partial charge in [0.25, 0.3) is 0 Å². The zero-order valence-corrected chi connectivity index (χ0v) is 15.9. The van der Waals surface area contributed by atoms with E-state index < -0.39 is 0 Å². The molecule has 1 fully saturated rings. The van der Waals surface area contributed by atoms with Crippen LogP contribution in [-0.2, 0) is 11.2 Å². The highest BCUT2D eigenvalue weighted by Gasteiger charge is 2.26. The quantitative estimate of drug-likeness (QED) is 0.894. The third-order valence-electron chi connectivity index (χ3n) is 5.69. The summed E-state index contributed by atoms with van der Waals surface area (Å²) in [5.74, 6) is 1.85. The summed E-state index contributed by atoms with van der Waals surface area (Å²) in [4.78, 5) is 14.0. The number of hydrogen-bond donors (Lipinski definition) is 1. The van der Waals surface area contributed by atoms with Crippen molar-refractivity contribution in [3.05, 3.63) is 23.8 Å². The van der Waals surface area contributed by atoms with Crippen molar-refractivity contribution in [1.82, 2.24) is 4.90 Å². The lowest BCUT2D eigenvalue weighted by molar-refractivity contribution is -0.116. The van der Waals surface area contributed by atoms with Crippen molar-refractivity contribution >= 4 is 11.6 Å². The fourth-order valence-corrected chi connectivity index (χ4v) is 3.99. The number of fused-ring (bicyclic) bond motifs is 1. The van der Waals surface area contributed by atoms with Gasteiger partial charge in [0.1, 0.15) is 12.4 Å². The second-order valence-electron chi connectivity index (χ2n) is 8.55. The van der Waals surface area contributed by atoms with Gasteiger partial charge in [-0.1, -0.05) is 20.8 Å². The van der Waals surface area contributed by atoms with Crippen LogP contribution in [0, 0.1) is 11.3 Å². The Hall–Kier alpha value is -1.55. The molecule has 0 bridgehead atoms. The van der Waals surface area contributed by atoms with E-state index in [0.29, 0.717) is 11.8 Å². The predicted molar refractivity (Wildman–Crippen MR) is 102 cm³/mol. The van der Waals surface area contributed by atoms with E-state index in [0.717, 1.165) is 36.9 Å². The Kier molecular flexibility index (Phi) is 5.67. The van der Waals surface area contributed by atoms with E-state index in [9.17, 15) is 4.79 Å². The van der Waals surface area contributed by atoms with Gasteiger partial charge in [-0.25, -0.2) is 0 Å². The molecule has 2 aliphatic heterocycles. The second-order valence-corrected chi connectivity index (χ2v) is 8.55. The molecular formula is C21H32N2O2. The standard InChI is InChI=1S/C21H32N2O2/c1-21(2,3)17-5-4-11-23(12-10-17)13-14-25-18-7-8-19-16(15-18)6-9-20(24)22-19/h7-8,15,17H,4-6,9-14H2,1-3H3,(H,22,24). The molecule has 0 radical (unpaired) electrons. The number of rotatable bonds is 4. The van der Waals surface area contributed by atoms with Gasteiger partial charge in [-0.3, -0.25) is 9.69 Å². The van der Waals surface area contributed by atoms with Crippen molar-refractivity contribution < 1.29 is 9.53 Å². The summed E-state index contributed by atoms with van der Waals surface area (Å²) < 4.78 is 5.98. The van der Waals surface area contributed by atoms with Crippen LogP contribution < -0.4 is 10.1 Å². The first-order chi connectivity index (χ1) is 11.9. The first-order valence-corrected chi connectivity index (χ1v) is 9.70. The van der Waals surface area contributed by atoms with E-state index in [-0.39, 0.29) is 5.91 Å². The molecular weight excluding hydrogens is 312 g/mol. The van der Waals surface area contributed by atoms with Gasteiger partial charge >= 0.3 is 0 Å². The maximum Gasteiger partial charge on any atom is 0.224 e. The average Bonchev–Trinajstić information content (AvgIpc) is 2.80. The van der Waals surface area contributed by atoms with E-state index in [2.05, 4.69) is 37.1 Å². The molecule has 25 heavy (non-hydrogen) atoms. The lowest BCUT2D eigenvalue weighted by atomic mass is 9.77. The second kappa shape index (κ2) is 7.77. The van der Waals surface area contributed by atoms with Crippen LogP contribution >= 0.6 is 0 Å². The van der Waals surface area contributed by atoms with Gasteiger partial charge in [-0.15, -0.1) is 0 Å². The van der Waals surface area contributed by atoms with Gasteiger partial charge in [0, 0.05) is 18.7 Å². The third-order valence-corrected chi connectivity index (χ3v) is 5.69. The molecule has 2 heterocycles. The van der Waals surface area contributed by atoms with Crippen molar-refractivity contribution in [2.45, 2.75) is 52.9 Å². The fourth-order valence-electron chi connectivity index (χ4n) is 3.99. The van der Waals surface area contributed by atoms with Gasteiger partial charge in [0.2, 0.25) is 5.91 Å². The van der Waals surface area contributed by atoms with Gasteiger partial charge in [-0.2, -0.15) is 0 Å². The van der Waals surface area contributed by atoms with Crippen molar-refractivity contribution in [2.75, 3.05) is 31.6 Å². The van der Waals surface area contributed by atoms with E-state index in [1.807, 2.05) is 12.1 Å². The van der Waals surface area contributed by atoms with Crippen LogP contribution in [0.5, 0.6) is 5.75 Å². The zero-order valence-electron chi connectivity index (χ0n) is 15.9. The number of carbonyl (C=O) groups is 1. The summed E-state index contributed by atoms with van der Waals surface area (Å²) in [6.45, 7) is 11.2. The van der Waals surface area contributed by atoms with Crippen molar-refractivity contribution in [3.8, 4) is 5.75 Å². The molecule has 3 rings (SSSR count). The highest BCUT2D eigenvalue weighted by molar-refractivity contribution is 5.93. The number of carbonyl (C=O) groups excluding carboxylic acids is 1. The maximum absolute atomic E-state index is 11.4. The van der Waals surface area contributed by atoms with E-state index >= 15 is 0 Å². The van der Waals surface area contributed by atoms with Crippen LogP contribution in [0.2, 0.25) is 0 Å². The molecule has 4 nitrogen and oxygen atoms in total. The number of benzene rings is 1. The SMILES string of the molecule is CC(C)(C)C1CCCN(CCOc2ccc3c(c2)CCC(=O)N3)CC1. The Labute approximate surface area is 151 Å². The molecule has 1 saturated heterocycles. The minimum absolute atomic E-state index is 0.107. The Morgan fingerprint density at radius 1 is 1.20 bits per heavy atom. The zero-order chi connectivity index (χ0) is 17.9. The van der Waals surface area contributed by atoms with Crippen LogP contribution in [-0.4, -0.2) is 37.0 Å². The summed E-state index contributed by atoms with van der Waals surface area (Å²) in [6.07, 6.45) is 5.30. The number of nitrogens with one attached hydrogen (secondary N) is 1. The van der Waals surface area contributed by atoms with E-state index in [4.69, 9.17) is 4.74 Å². The molecule has 0 aromatic heterocycles. The largest absolute Gasteiger partial charge is 0.492 e. The van der Waals surface area contributed by atoms with Gasteiger partial charge in [0.05, 0.1) is 0 Å². The minimum atomic E-state index is 0.107. The molecule has 1 aromatic carbocycles. The van der Waals surface area contributed by atoms with E-state index in [1.54, 1.807) is 0 Å². The first kappa shape index (κ1) is 18.2. The fraction of sp³-hybridized carbons (Fsp3) is 0.667. The number of likely N-dealkylation sites (tertiary alicyclic amines) is 1. The number of aryl methyl sites for hydroxylation is 1. The topological polar surface area (TPSA) is 41.6 Å². The number of amides is 1. The highest BCUT2D eigenvalue weighted by atomic mass is 16.5. The molecule has 138 valence electrons. The number of hydrogen-bond acceptors (Lipinski definition) is 3. The van der Waals surface area contributed by atoms with Crippen molar-refractivity contribution in [1.29, 1.82) is 0 Å². The Morgan fingerprint density at radius 3 is 2.84 bits per heavy atom. The van der Waals surface area contributed by atoms with Crippen LogP contribution in [0.25, 0.3) is 0 Å². The molecule has 2 aliphatic rings. The molecule has 0 aliphatic carbocycles. The monoisotopic (exact) mass is 344 g/mol. The third kappa shape index (κ3) is 4.97. The molecule has 1 N–H and O–H groups in total. The van der Waals surface area contributed by atoms with Crippen LogP contribution in [0.1, 0.15) is 52.0 Å². The minimum Gasteiger partial charge on any atom is -0.492 e. The maximum atomic E-state index is 11.4. The van der Waals surface area contributed by atoms with Crippen LogP contribution in [0.3, 0.4) is 0 Å². The average molecular weight is 344 g/mol. The summed E-state index contributed by atoms with van der Waals surface area (Å²) >= 11 is 0. The van der Waals surface area contributed by atoms with Gasteiger partial charge in [-0.05, 0) is 73.9 Å². The lowest BCUT2D eigenvalue weighted by Gasteiger charge is -2.29. The normalized spacial score (nSPS) is 22.0. The molecule has 0 spiro atoms. The first-order valence-electron chi connectivity index (χ1n) is 9.70.